The molecule has 0 radical (unpaired) electrons. The van der Waals surface area contributed by atoms with Gasteiger partial charge in [-0.1, -0.05) is 12.2 Å². The van der Waals surface area contributed by atoms with E-state index >= 15 is 0 Å². The summed E-state index contributed by atoms with van der Waals surface area (Å²) in [7, 11) is 2.17. The van der Waals surface area contributed by atoms with Crippen molar-refractivity contribution in [1.29, 1.82) is 5.26 Å². The second-order valence-electron chi connectivity index (χ2n) is 5.15. The first-order valence-corrected chi connectivity index (χ1v) is 6.65. The fourth-order valence-corrected chi connectivity index (χ4v) is 2.71. The van der Waals surface area contributed by atoms with E-state index in [0.717, 1.165) is 30.5 Å². The van der Waals surface area contributed by atoms with Gasteiger partial charge in [0.2, 0.25) is 0 Å². The topological polar surface area (TPSA) is 42.8 Å². The molecule has 0 amide bonds. The highest BCUT2D eigenvalue weighted by atomic mass is 15.1. The van der Waals surface area contributed by atoms with Crippen molar-refractivity contribution < 1.29 is 0 Å². The van der Waals surface area contributed by atoms with Crippen LogP contribution >= 0.6 is 0 Å². The smallest absolute Gasteiger partial charge is 0.0991 e. The number of H-pyrrole nitrogens is 1. The van der Waals surface area contributed by atoms with E-state index < -0.39 is 0 Å². The average molecular weight is 251 g/mol. The van der Waals surface area contributed by atoms with Crippen LogP contribution in [0.15, 0.2) is 36.5 Å². The van der Waals surface area contributed by atoms with Gasteiger partial charge in [-0.3, -0.25) is 4.90 Å². The first-order valence-electron chi connectivity index (χ1n) is 6.65. The number of nitriles is 1. The molecule has 1 aliphatic rings. The number of rotatable bonds is 2. The summed E-state index contributed by atoms with van der Waals surface area (Å²) in [5.74, 6) is 0. The van der Waals surface area contributed by atoms with Crippen molar-refractivity contribution in [3.8, 4) is 6.07 Å². The van der Waals surface area contributed by atoms with Crippen molar-refractivity contribution in [2.45, 2.75) is 18.9 Å². The zero-order valence-electron chi connectivity index (χ0n) is 11.1. The number of aromatic nitrogens is 1. The van der Waals surface area contributed by atoms with Crippen LogP contribution in [-0.4, -0.2) is 29.5 Å². The minimum Gasteiger partial charge on any atom is -0.361 e. The Kier molecular flexibility index (Phi) is 3.10. The maximum Gasteiger partial charge on any atom is 0.0991 e. The molecule has 3 rings (SSSR count). The summed E-state index contributed by atoms with van der Waals surface area (Å²) in [5, 5.41) is 10.2. The third kappa shape index (κ3) is 2.27. The Labute approximate surface area is 113 Å². The third-order valence-electron chi connectivity index (χ3n) is 3.90. The Hall–Kier alpha value is -2.05. The highest BCUT2D eigenvalue weighted by Gasteiger charge is 2.16. The van der Waals surface area contributed by atoms with Gasteiger partial charge in [-0.2, -0.15) is 5.26 Å². The van der Waals surface area contributed by atoms with E-state index in [0.29, 0.717) is 6.04 Å². The van der Waals surface area contributed by atoms with E-state index in [9.17, 15) is 0 Å². The molecule has 19 heavy (non-hydrogen) atoms. The van der Waals surface area contributed by atoms with Crippen molar-refractivity contribution in [3.63, 3.8) is 0 Å². The van der Waals surface area contributed by atoms with Crippen LogP contribution in [0.4, 0.5) is 0 Å². The van der Waals surface area contributed by atoms with E-state index in [-0.39, 0.29) is 0 Å². The van der Waals surface area contributed by atoms with Crippen molar-refractivity contribution in [3.05, 3.63) is 47.7 Å². The fourth-order valence-electron chi connectivity index (χ4n) is 2.71. The lowest BCUT2D eigenvalue weighted by Gasteiger charge is -2.28. The van der Waals surface area contributed by atoms with Gasteiger partial charge >= 0.3 is 0 Å². The average Bonchev–Trinajstić information content (AvgIpc) is 2.84. The summed E-state index contributed by atoms with van der Waals surface area (Å²) in [4.78, 5) is 5.67. The molecule has 1 aromatic heterocycles. The van der Waals surface area contributed by atoms with Crippen LogP contribution in [0.2, 0.25) is 0 Å². The fraction of sp³-hybridized carbons (Fsp3) is 0.312. The molecule has 1 aliphatic heterocycles. The SMILES string of the molecule is CN1CCC=CC1Cc1c[nH]c2ccc(C#N)cc12. The zero-order chi connectivity index (χ0) is 13.2. The lowest BCUT2D eigenvalue weighted by atomic mass is 10.0. The molecule has 1 atom stereocenters. The molecule has 3 heteroatoms. The number of hydrogen-bond acceptors (Lipinski definition) is 2. The van der Waals surface area contributed by atoms with Gasteiger partial charge in [-0.15, -0.1) is 0 Å². The van der Waals surface area contributed by atoms with Gasteiger partial charge in [0, 0.05) is 29.7 Å². The quantitative estimate of drug-likeness (QED) is 0.834. The number of nitrogens with one attached hydrogen (secondary N) is 1. The van der Waals surface area contributed by atoms with E-state index in [4.69, 9.17) is 5.26 Å². The van der Waals surface area contributed by atoms with Crippen molar-refractivity contribution in [2.24, 2.45) is 0 Å². The Balaban J connectivity index is 1.94. The lowest BCUT2D eigenvalue weighted by molar-refractivity contribution is 0.274. The monoisotopic (exact) mass is 251 g/mol. The van der Waals surface area contributed by atoms with Crippen LogP contribution in [-0.2, 0) is 6.42 Å². The maximum atomic E-state index is 9.01. The van der Waals surface area contributed by atoms with Gasteiger partial charge in [0.05, 0.1) is 11.6 Å². The molecule has 1 unspecified atom stereocenters. The molecule has 0 saturated heterocycles. The summed E-state index contributed by atoms with van der Waals surface area (Å²) in [6.07, 6.45) is 8.75. The molecule has 2 aromatic rings. The van der Waals surface area contributed by atoms with Crippen LogP contribution in [0.25, 0.3) is 10.9 Å². The maximum absolute atomic E-state index is 9.01. The van der Waals surface area contributed by atoms with E-state index in [2.05, 4.69) is 41.3 Å². The Bertz CT molecular complexity index is 660. The molecule has 0 saturated carbocycles. The van der Waals surface area contributed by atoms with Gasteiger partial charge in [-0.25, -0.2) is 0 Å². The van der Waals surface area contributed by atoms with E-state index in [1.54, 1.807) is 0 Å². The van der Waals surface area contributed by atoms with Gasteiger partial charge in [0.25, 0.3) is 0 Å². The summed E-state index contributed by atoms with van der Waals surface area (Å²) < 4.78 is 0. The highest BCUT2D eigenvalue weighted by molar-refractivity contribution is 5.84. The van der Waals surface area contributed by atoms with Gasteiger partial charge in [-0.05, 0) is 43.7 Å². The molecule has 96 valence electrons. The van der Waals surface area contributed by atoms with Gasteiger partial charge < -0.3 is 4.98 Å². The third-order valence-corrected chi connectivity index (χ3v) is 3.90. The van der Waals surface area contributed by atoms with Crippen molar-refractivity contribution >= 4 is 10.9 Å². The van der Waals surface area contributed by atoms with Crippen molar-refractivity contribution in [1.82, 2.24) is 9.88 Å². The summed E-state index contributed by atoms with van der Waals surface area (Å²) >= 11 is 0. The molecule has 0 aliphatic carbocycles. The molecule has 0 spiro atoms. The van der Waals surface area contributed by atoms with Crippen LogP contribution in [0.1, 0.15) is 17.5 Å². The largest absolute Gasteiger partial charge is 0.361 e. The van der Waals surface area contributed by atoms with E-state index in [1.807, 2.05) is 18.2 Å². The highest BCUT2D eigenvalue weighted by Crippen LogP contribution is 2.23. The first-order chi connectivity index (χ1) is 9.28. The molecule has 0 fully saturated rings. The second-order valence-corrected chi connectivity index (χ2v) is 5.15. The Morgan fingerprint density at radius 1 is 1.47 bits per heavy atom. The van der Waals surface area contributed by atoms with Crippen LogP contribution in [0, 0.1) is 11.3 Å². The zero-order valence-corrected chi connectivity index (χ0v) is 11.1. The molecular weight excluding hydrogens is 234 g/mol. The standard InChI is InChI=1S/C16H17N3/c1-19-7-3-2-4-14(19)9-13-11-18-16-6-5-12(10-17)8-15(13)16/h2,4-6,8,11,14,18H,3,7,9H2,1H3. The molecule has 3 nitrogen and oxygen atoms in total. The Morgan fingerprint density at radius 2 is 2.37 bits per heavy atom. The summed E-state index contributed by atoms with van der Waals surface area (Å²) in [6.45, 7) is 1.12. The van der Waals surface area contributed by atoms with E-state index in [1.165, 1.54) is 10.9 Å². The Morgan fingerprint density at radius 3 is 3.16 bits per heavy atom. The predicted octanol–water partition coefficient (Wildman–Crippen LogP) is 2.84. The molecule has 1 N–H and O–H groups in total. The number of benzene rings is 1. The number of nitrogens with zero attached hydrogens (tertiary/aromatic N) is 2. The summed E-state index contributed by atoms with van der Waals surface area (Å²) in [5.41, 5.74) is 3.12. The lowest BCUT2D eigenvalue weighted by Crippen LogP contribution is -2.34. The molecule has 1 aromatic carbocycles. The van der Waals surface area contributed by atoms with Crippen molar-refractivity contribution in [2.75, 3.05) is 13.6 Å². The van der Waals surface area contributed by atoms with Gasteiger partial charge in [0.15, 0.2) is 0 Å². The first kappa shape index (κ1) is 12.0. The number of likely N-dealkylation sites (N-methyl/N-ethyl adjacent to an activating group) is 1. The van der Waals surface area contributed by atoms with Crippen LogP contribution in [0.3, 0.4) is 0 Å². The van der Waals surface area contributed by atoms with Gasteiger partial charge in [0.1, 0.15) is 0 Å². The van der Waals surface area contributed by atoms with Crippen LogP contribution in [0.5, 0.6) is 0 Å². The minimum absolute atomic E-state index is 0.457. The molecule has 2 heterocycles. The number of hydrogen-bond donors (Lipinski definition) is 1. The molecular formula is C16H17N3. The minimum atomic E-state index is 0.457. The second kappa shape index (κ2) is 4.91. The van der Waals surface area contributed by atoms with Crippen LogP contribution < -0.4 is 0 Å². The number of aromatic amines is 1. The normalized spacial score (nSPS) is 19.7. The predicted molar refractivity (Wildman–Crippen MR) is 76.9 cm³/mol. The summed E-state index contributed by atoms with van der Waals surface area (Å²) in [6, 6.07) is 8.49. The number of fused-ring (bicyclic) bond motifs is 1. The molecule has 0 bridgehead atoms.